The lowest BCUT2D eigenvalue weighted by Crippen LogP contribution is -2.18. The Morgan fingerprint density at radius 3 is 2.75 bits per heavy atom. The van der Waals surface area contributed by atoms with Crippen LogP contribution in [0.25, 0.3) is 10.9 Å². The van der Waals surface area contributed by atoms with Crippen molar-refractivity contribution < 1.29 is 4.79 Å². The third-order valence-electron chi connectivity index (χ3n) is 3.54. The van der Waals surface area contributed by atoms with Gasteiger partial charge < -0.3 is 5.32 Å². The monoisotopic (exact) mass is 361 g/mol. The van der Waals surface area contributed by atoms with Crippen molar-refractivity contribution in [2.45, 2.75) is 13.0 Å². The molecule has 0 saturated carbocycles. The van der Waals surface area contributed by atoms with Crippen molar-refractivity contribution in [2.24, 2.45) is 0 Å². The van der Waals surface area contributed by atoms with E-state index in [0.717, 1.165) is 0 Å². The lowest BCUT2D eigenvalue weighted by molar-refractivity contribution is -0.116. The molecule has 1 N–H and O–H groups in total. The third kappa shape index (κ3) is 3.42. The maximum Gasteiger partial charge on any atom is 0.226 e. The number of rotatable bonds is 4. The molecule has 0 aliphatic carbocycles. The fourth-order valence-electron chi connectivity index (χ4n) is 2.36. The number of para-hydroxylation sites is 1. The van der Waals surface area contributed by atoms with Crippen molar-refractivity contribution >= 4 is 45.7 Å². The molecule has 0 aliphatic heterocycles. The quantitative estimate of drug-likeness (QED) is 0.769. The van der Waals surface area contributed by atoms with Gasteiger partial charge in [-0.1, -0.05) is 41.4 Å². The fraction of sp³-hybridized carbons (Fsp3) is 0.118. The van der Waals surface area contributed by atoms with E-state index in [1.54, 1.807) is 41.1 Å². The van der Waals surface area contributed by atoms with Crippen molar-refractivity contribution in [2.75, 3.05) is 5.32 Å². The highest BCUT2D eigenvalue weighted by Crippen LogP contribution is 2.29. The second kappa shape index (κ2) is 7.03. The van der Waals surface area contributed by atoms with Crippen LogP contribution in [0.4, 0.5) is 5.69 Å². The van der Waals surface area contributed by atoms with E-state index in [0.29, 0.717) is 33.2 Å². The zero-order valence-corrected chi connectivity index (χ0v) is 14.0. The van der Waals surface area contributed by atoms with E-state index >= 15 is 0 Å². The van der Waals surface area contributed by atoms with Crippen molar-refractivity contribution in [3.05, 3.63) is 68.9 Å². The number of anilines is 1. The normalized spacial score (nSPS) is 10.8. The van der Waals surface area contributed by atoms with Gasteiger partial charge in [-0.3, -0.25) is 14.3 Å². The molecule has 1 amide bonds. The highest BCUT2D eigenvalue weighted by molar-refractivity contribution is 6.43. The highest BCUT2D eigenvalue weighted by atomic mass is 35.5. The van der Waals surface area contributed by atoms with E-state index in [1.165, 1.54) is 6.20 Å². The molecule has 122 valence electrons. The molecule has 7 heteroatoms. The summed E-state index contributed by atoms with van der Waals surface area (Å²) in [5, 5.41) is 8.07. The second-order valence-electron chi connectivity index (χ2n) is 5.15. The van der Waals surface area contributed by atoms with Crippen LogP contribution in [-0.4, -0.2) is 15.7 Å². The number of amides is 1. The molecule has 1 heterocycles. The number of halogens is 2. The maximum atomic E-state index is 12.1. The minimum atomic E-state index is -0.219. The first kappa shape index (κ1) is 16.5. The number of nitrogens with zero attached hydrogens (tertiary/aromatic N) is 2. The Labute approximate surface area is 147 Å². The molecule has 0 radical (unpaired) electrons. The Morgan fingerprint density at radius 1 is 1.12 bits per heavy atom. The molecule has 1 aromatic heterocycles. The molecule has 0 fully saturated rings. The van der Waals surface area contributed by atoms with Gasteiger partial charge in [0.05, 0.1) is 34.0 Å². The largest absolute Gasteiger partial charge is 0.325 e. The number of carbonyl (C=O) groups is 1. The van der Waals surface area contributed by atoms with Gasteiger partial charge >= 0.3 is 0 Å². The second-order valence-corrected chi connectivity index (χ2v) is 5.93. The minimum Gasteiger partial charge on any atom is -0.325 e. The molecular formula is C17H13Cl2N3O2. The first-order chi connectivity index (χ1) is 11.6. The number of aryl methyl sites for hydroxylation is 1. The number of fused-ring (bicyclic) bond motifs is 1. The lowest BCUT2D eigenvalue weighted by Gasteiger charge is -2.10. The smallest absolute Gasteiger partial charge is 0.226 e. The predicted molar refractivity (Wildman–Crippen MR) is 95.7 cm³/mol. The van der Waals surface area contributed by atoms with Crippen molar-refractivity contribution in [1.82, 2.24) is 9.78 Å². The van der Waals surface area contributed by atoms with E-state index < -0.39 is 0 Å². The molecule has 0 bridgehead atoms. The Kier molecular flexibility index (Phi) is 4.83. The first-order valence-electron chi connectivity index (χ1n) is 7.25. The number of hydrogen-bond donors (Lipinski definition) is 1. The van der Waals surface area contributed by atoms with E-state index in [2.05, 4.69) is 10.4 Å². The SMILES string of the molecule is O=C(CCn1ncc(=O)c2ccccc21)Nc1cccc(Cl)c1Cl. The summed E-state index contributed by atoms with van der Waals surface area (Å²) in [7, 11) is 0. The summed E-state index contributed by atoms with van der Waals surface area (Å²) >= 11 is 12.0. The molecule has 5 nitrogen and oxygen atoms in total. The summed E-state index contributed by atoms with van der Waals surface area (Å²) in [6.45, 7) is 0.338. The van der Waals surface area contributed by atoms with Crippen molar-refractivity contribution in [1.29, 1.82) is 0 Å². The number of benzene rings is 2. The summed E-state index contributed by atoms with van der Waals surface area (Å²) in [6.07, 6.45) is 1.44. The topological polar surface area (TPSA) is 64.0 Å². The Bertz CT molecular complexity index is 969. The van der Waals surface area contributed by atoms with Crippen LogP contribution in [0, 0.1) is 0 Å². The van der Waals surface area contributed by atoms with Crippen LogP contribution < -0.4 is 10.7 Å². The van der Waals surface area contributed by atoms with Crippen LogP contribution in [-0.2, 0) is 11.3 Å². The number of hydrogen-bond acceptors (Lipinski definition) is 3. The van der Waals surface area contributed by atoms with Crippen molar-refractivity contribution in [3.8, 4) is 0 Å². The van der Waals surface area contributed by atoms with Crippen LogP contribution in [0.2, 0.25) is 10.0 Å². The van der Waals surface area contributed by atoms with Crippen LogP contribution in [0.1, 0.15) is 6.42 Å². The molecule has 3 rings (SSSR count). The van der Waals surface area contributed by atoms with Gasteiger partial charge in [-0.15, -0.1) is 0 Å². The Morgan fingerprint density at radius 2 is 1.92 bits per heavy atom. The fourth-order valence-corrected chi connectivity index (χ4v) is 2.71. The van der Waals surface area contributed by atoms with Gasteiger partial charge in [0.15, 0.2) is 0 Å². The van der Waals surface area contributed by atoms with Gasteiger partial charge in [0, 0.05) is 11.8 Å². The Hall–Kier alpha value is -2.37. The van der Waals surface area contributed by atoms with Crippen LogP contribution >= 0.6 is 23.2 Å². The molecule has 3 aromatic rings. The third-order valence-corrected chi connectivity index (χ3v) is 4.36. The molecular weight excluding hydrogens is 349 g/mol. The van der Waals surface area contributed by atoms with Crippen molar-refractivity contribution in [3.63, 3.8) is 0 Å². The molecule has 0 saturated heterocycles. The summed E-state index contributed by atoms with van der Waals surface area (Å²) in [5.74, 6) is -0.219. The number of carbonyl (C=O) groups excluding carboxylic acids is 1. The average molecular weight is 362 g/mol. The Balaban J connectivity index is 1.74. The maximum absolute atomic E-state index is 12.1. The minimum absolute atomic E-state index is 0.142. The van der Waals surface area contributed by atoms with Gasteiger partial charge in [0.2, 0.25) is 11.3 Å². The zero-order chi connectivity index (χ0) is 17.1. The molecule has 0 atom stereocenters. The molecule has 0 spiro atoms. The number of nitrogens with one attached hydrogen (secondary N) is 1. The van der Waals surface area contributed by atoms with Gasteiger partial charge in [0.25, 0.3) is 0 Å². The van der Waals surface area contributed by atoms with Crippen LogP contribution in [0.15, 0.2) is 53.5 Å². The van der Waals surface area contributed by atoms with Gasteiger partial charge in [-0.05, 0) is 24.3 Å². The van der Waals surface area contributed by atoms with Crippen LogP contribution in [0.3, 0.4) is 0 Å². The summed E-state index contributed by atoms with van der Waals surface area (Å²) in [6, 6.07) is 12.2. The van der Waals surface area contributed by atoms with E-state index in [4.69, 9.17) is 23.2 Å². The van der Waals surface area contributed by atoms with Gasteiger partial charge in [0.1, 0.15) is 0 Å². The molecule has 0 unspecified atom stereocenters. The number of aromatic nitrogens is 2. The predicted octanol–water partition coefficient (Wildman–Crippen LogP) is 3.73. The van der Waals surface area contributed by atoms with Gasteiger partial charge in [-0.25, -0.2) is 0 Å². The summed E-state index contributed by atoms with van der Waals surface area (Å²) < 4.78 is 1.63. The lowest BCUT2D eigenvalue weighted by atomic mass is 10.2. The highest BCUT2D eigenvalue weighted by Gasteiger charge is 2.10. The molecule has 0 aliphatic rings. The van der Waals surface area contributed by atoms with E-state index in [-0.39, 0.29) is 17.8 Å². The first-order valence-corrected chi connectivity index (χ1v) is 8.00. The van der Waals surface area contributed by atoms with E-state index in [1.807, 2.05) is 6.07 Å². The molecule has 2 aromatic carbocycles. The average Bonchev–Trinajstić information content (AvgIpc) is 2.59. The van der Waals surface area contributed by atoms with E-state index in [9.17, 15) is 9.59 Å². The standard InChI is InChI=1S/C17H13Cl2N3O2/c18-12-5-3-6-13(17(12)19)21-16(24)8-9-22-14-7-2-1-4-11(14)15(23)10-20-22/h1-7,10H,8-9H2,(H,21,24). The van der Waals surface area contributed by atoms with Crippen LogP contribution in [0.5, 0.6) is 0 Å². The molecule has 24 heavy (non-hydrogen) atoms. The van der Waals surface area contributed by atoms with Gasteiger partial charge in [-0.2, -0.15) is 5.10 Å². The zero-order valence-electron chi connectivity index (χ0n) is 12.5. The summed E-state index contributed by atoms with van der Waals surface area (Å²) in [4.78, 5) is 23.9. The summed E-state index contributed by atoms with van der Waals surface area (Å²) in [5.41, 5.74) is 1.02.